The number of fused-ring (bicyclic) bond motifs is 1. The molecule has 0 amide bonds. The Morgan fingerprint density at radius 2 is 2.32 bits per heavy atom. The Kier molecular flexibility index (Phi) is 3.78. The zero-order valence-corrected chi connectivity index (χ0v) is 12.9. The van der Waals surface area contributed by atoms with Crippen molar-refractivity contribution in [2.24, 2.45) is 5.92 Å². The minimum atomic E-state index is 0.821. The second kappa shape index (κ2) is 5.53. The number of piperidine rings is 1. The molecule has 1 unspecified atom stereocenters. The van der Waals surface area contributed by atoms with Crippen LogP contribution in [0.4, 0.5) is 5.82 Å². The largest absolute Gasteiger partial charge is 0.355 e. The summed E-state index contributed by atoms with van der Waals surface area (Å²) in [7, 11) is 0. The lowest BCUT2D eigenvalue weighted by Gasteiger charge is -2.33. The maximum absolute atomic E-state index is 4.83. The topological polar surface area (TPSA) is 20.5 Å². The number of rotatable bonds is 3. The fourth-order valence-corrected chi connectivity index (χ4v) is 3.52. The zero-order chi connectivity index (χ0) is 13.2. The average Bonchev–Trinajstić information content (AvgIpc) is 2.86. The average molecular weight is 322 g/mol. The number of anilines is 1. The fourth-order valence-electron chi connectivity index (χ4n) is 3.00. The van der Waals surface area contributed by atoms with Crippen molar-refractivity contribution >= 4 is 27.4 Å². The number of pyridine rings is 1. The summed E-state index contributed by atoms with van der Waals surface area (Å²) >= 11 is 3.62. The molecule has 0 aromatic carbocycles. The van der Waals surface area contributed by atoms with Crippen LogP contribution in [0.5, 0.6) is 0 Å². The van der Waals surface area contributed by atoms with Crippen LogP contribution in [0.3, 0.4) is 0 Å². The SMILES string of the molecule is CCC1CCCN(c2nc3ccccn3c2CBr)C1. The Morgan fingerprint density at radius 1 is 1.42 bits per heavy atom. The van der Waals surface area contributed by atoms with Crippen LogP contribution in [0.15, 0.2) is 24.4 Å². The highest BCUT2D eigenvalue weighted by atomic mass is 79.9. The number of halogens is 1. The summed E-state index contributed by atoms with van der Waals surface area (Å²) < 4.78 is 2.19. The minimum absolute atomic E-state index is 0.821. The Labute approximate surface area is 122 Å². The highest BCUT2D eigenvalue weighted by Crippen LogP contribution is 2.29. The highest BCUT2D eigenvalue weighted by Gasteiger charge is 2.23. The van der Waals surface area contributed by atoms with Gasteiger partial charge in [-0.05, 0) is 30.9 Å². The fraction of sp³-hybridized carbons (Fsp3) is 0.533. The van der Waals surface area contributed by atoms with Crippen LogP contribution in [-0.4, -0.2) is 22.5 Å². The van der Waals surface area contributed by atoms with Gasteiger partial charge in [0.1, 0.15) is 5.65 Å². The molecule has 1 atom stereocenters. The Hall–Kier alpha value is -1.03. The number of hydrogen-bond donors (Lipinski definition) is 0. The number of nitrogens with zero attached hydrogens (tertiary/aromatic N) is 3. The molecular formula is C15H20BrN3. The Bertz CT molecular complexity index is 564. The third-order valence-electron chi connectivity index (χ3n) is 4.13. The van der Waals surface area contributed by atoms with E-state index in [-0.39, 0.29) is 0 Å². The first kappa shape index (κ1) is 13.0. The number of alkyl halides is 1. The van der Waals surface area contributed by atoms with E-state index in [1.165, 1.54) is 30.8 Å². The van der Waals surface area contributed by atoms with E-state index in [0.29, 0.717) is 0 Å². The molecule has 1 aliphatic rings. The quantitative estimate of drug-likeness (QED) is 0.800. The Morgan fingerprint density at radius 3 is 3.11 bits per heavy atom. The van der Waals surface area contributed by atoms with Gasteiger partial charge in [0.2, 0.25) is 0 Å². The maximum atomic E-state index is 4.83. The van der Waals surface area contributed by atoms with E-state index in [4.69, 9.17) is 4.98 Å². The van der Waals surface area contributed by atoms with Crippen molar-refractivity contribution in [1.29, 1.82) is 0 Å². The van der Waals surface area contributed by atoms with Crippen molar-refractivity contribution in [3.05, 3.63) is 30.1 Å². The summed E-state index contributed by atoms with van der Waals surface area (Å²) in [5.41, 5.74) is 2.32. The van der Waals surface area contributed by atoms with Gasteiger partial charge in [-0.1, -0.05) is 35.3 Å². The van der Waals surface area contributed by atoms with Gasteiger partial charge in [0.15, 0.2) is 5.82 Å². The van der Waals surface area contributed by atoms with Gasteiger partial charge >= 0.3 is 0 Å². The van der Waals surface area contributed by atoms with Gasteiger partial charge in [-0.15, -0.1) is 0 Å². The molecule has 3 heterocycles. The van der Waals surface area contributed by atoms with Crippen molar-refractivity contribution in [2.75, 3.05) is 18.0 Å². The molecule has 2 aromatic heterocycles. The van der Waals surface area contributed by atoms with E-state index < -0.39 is 0 Å². The van der Waals surface area contributed by atoms with Crippen LogP contribution in [0.25, 0.3) is 5.65 Å². The van der Waals surface area contributed by atoms with Crippen LogP contribution in [0.2, 0.25) is 0 Å². The molecule has 0 saturated carbocycles. The standard InChI is InChI=1S/C15H20BrN3/c1-2-12-6-5-8-18(11-12)15-13(10-16)19-9-4-3-7-14(19)17-15/h3-4,7,9,12H,2,5-6,8,10-11H2,1H3. The summed E-state index contributed by atoms with van der Waals surface area (Å²) in [4.78, 5) is 7.31. The summed E-state index contributed by atoms with van der Waals surface area (Å²) in [6.45, 7) is 4.59. The summed E-state index contributed by atoms with van der Waals surface area (Å²) in [5.74, 6) is 1.99. The Balaban J connectivity index is 1.99. The molecule has 1 aliphatic heterocycles. The molecule has 1 fully saturated rings. The molecule has 3 nitrogen and oxygen atoms in total. The molecule has 0 bridgehead atoms. The van der Waals surface area contributed by atoms with E-state index in [9.17, 15) is 0 Å². The summed E-state index contributed by atoms with van der Waals surface area (Å²) in [6, 6.07) is 6.20. The predicted molar refractivity (Wildman–Crippen MR) is 83.1 cm³/mol. The molecular weight excluding hydrogens is 302 g/mol. The van der Waals surface area contributed by atoms with E-state index >= 15 is 0 Å². The van der Waals surface area contributed by atoms with Crippen LogP contribution in [0.1, 0.15) is 31.9 Å². The normalized spacial score (nSPS) is 20.1. The van der Waals surface area contributed by atoms with Crippen LogP contribution < -0.4 is 4.90 Å². The van der Waals surface area contributed by atoms with Crippen LogP contribution in [-0.2, 0) is 5.33 Å². The molecule has 0 N–H and O–H groups in total. The van der Waals surface area contributed by atoms with Crippen LogP contribution in [0, 0.1) is 5.92 Å². The molecule has 0 aliphatic carbocycles. The monoisotopic (exact) mass is 321 g/mol. The van der Waals surface area contributed by atoms with E-state index in [0.717, 1.165) is 30.0 Å². The van der Waals surface area contributed by atoms with Crippen LogP contribution >= 0.6 is 15.9 Å². The first-order valence-corrected chi connectivity index (χ1v) is 8.22. The van der Waals surface area contributed by atoms with Gasteiger partial charge in [-0.2, -0.15) is 0 Å². The molecule has 3 rings (SSSR count). The van der Waals surface area contributed by atoms with Gasteiger partial charge in [-0.25, -0.2) is 4.98 Å². The summed E-state index contributed by atoms with van der Waals surface area (Å²) in [5, 5.41) is 0.848. The lowest BCUT2D eigenvalue weighted by atomic mass is 9.96. The van der Waals surface area contributed by atoms with Crippen molar-refractivity contribution in [3.8, 4) is 0 Å². The van der Waals surface area contributed by atoms with Gasteiger partial charge < -0.3 is 9.30 Å². The number of aromatic nitrogens is 2. The minimum Gasteiger partial charge on any atom is -0.355 e. The van der Waals surface area contributed by atoms with Crippen molar-refractivity contribution in [2.45, 2.75) is 31.5 Å². The molecule has 0 radical (unpaired) electrons. The second-order valence-corrected chi connectivity index (χ2v) is 5.87. The third-order valence-corrected chi connectivity index (χ3v) is 4.66. The van der Waals surface area contributed by atoms with Gasteiger partial charge in [0.05, 0.1) is 5.69 Å². The van der Waals surface area contributed by atoms with Crippen molar-refractivity contribution in [3.63, 3.8) is 0 Å². The molecule has 4 heteroatoms. The highest BCUT2D eigenvalue weighted by molar-refractivity contribution is 9.08. The third kappa shape index (κ3) is 2.38. The number of hydrogen-bond acceptors (Lipinski definition) is 2. The maximum Gasteiger partial charge on any atom is 0.152 e. The lowest BCUT2D eigenvalue weighted by molar-refractivity contribution is 0.403. The second-order valence-electron chi connectivity index (χ2n) is 5.31. The van der Waals surface area contributed by atoms with Gasteiger partial charge in [0, 0.05) is 24.6 Å². The van der Waals surface area contributed by atoms with Gasteiger partial charge in [0.25, 0.3) is 0 Å². The first-order valence-electron chi connectivity index (χ1n) is 7.10. The van der Waals surface area contributed by atoms with E-state index in [1.807, 2.05) is 0 Å². The summed E-state index contributed by atoms with van der Waals surface area (Å²) in [6.07, 6.45) is 6.02. The zero-order valence-electron chi connectivity index (χ0n) is 11.3. The van der Waals surface area contributed by atoms with E-state index in [1.54, 1.807) is 0 Å². The van der Waals surface area contributed by atoms with Crippen molar-refractivity contribution in [1.82, 2.24) is 9.38 Å². The van der Waals surface area contributed by atoms with Gasteiger partial charge in [-0.3, -0.25) is 0 Å². The van der Waals surface area contributed by atoms with E-state index in [2.05, 4.69) is 56.6 Å². The molecule has 19 heavy (non-hydrogen) atoms. The smallest absolute Gasteiger partial charge is 0.152 e. The first-order chi connectivity index (χ1) is 9.33. The molecule has 0 spiro atoms. The molecule has 102 valence electrons. The van der Waals surface area contributed by atoms with Crippen molar-refractivity contribution < 1.29 is 0 Å². The molecule has 1 saturated heterocycles. The predicted octanol–water partition coefficient (Wildman–Crippen LogP) is 3.86. The lowest BCUT2D eigenvalue weighted by Crippen LogP contribution is -2.35. The molecule has 2 aromatic rings. The number of imidazole rings is 1.